The molecule has 1 N–H and O–H groups in total. The quantitative estimate of drug-likeness (QED) is 0.782. The molecule has 3 aliphatic rings. The number of rotatable bonds is 6. The fourth-order valence-corrected chi connectivity index (χ4v) is 3.90. The van der Waals surface area contributed by atoms with Crippen molar-refractivity contribution in [3.63, 3.8) is 0 Å². The van der Waals surface area contributed by atoms with Crippen molar-refractivity contribution in [3.05, 3.63) is 0 Å². The molecular weight excluding hydrogens is 324 g/mol. The van der Waals surface area contributed by atoms with Crippen molar-refractivity contribution in [1.29, 1.82) is 0 Å². The van der Waals surface area contributed by atoms with Gasteiger partial charge in [0.2, 0.25) is 11.8 Å². The van der Waals surface area contributed by atoms with E-state index >= 15 is 0 Å². The van der Waals surface area contributed by atoms with Crippen LogP contribution in [0.25, 0.3) is 0 Å². The second-order valence-corrected chi connectivity index (χ2v) is 8.67. The van der Waals surface area contributed by atoms with Gasteiger partial charge in [0.1, 0.15) is 6.17 Å². The third-order valence-corrected chi connectivity index (χ3v) is 6.35. The molecule has 2 saturated carbocycles. The van der Waals surface area contributed by atoms with Gasteiger partial charge in [-0.3, -0.25) is 9.80 Å². The summed E-state index contributed by atoms with van der Waals surface area (Å²) in [7, 11) is 0. The summed E-state index contributed by atoms with van der Waals surface area (Å²) in [5.41, 5.74) is 0.981. The van der Waals surface area contributed by atoms with Gasteiger partial charge in [0, 0.05) is 36.4 Å². The molecule has 142 valence electrons. The van der Waals surface area contributed by atoms with Crippen molar-refractivity contribution in [2.24, 2.45) is 28.8 Å². The summed E-state index contributed by atoms with van der Waals surface area (Å²) >= 11 is 0. The van der Waals surface area contributed by atoms with Crippen molar-refractivity contribution >= 4 is 11.6 Å². The minimum absolute atomic E-state index is 0.0242. The lowest BCUT2D eigenvalue weighted by Gasteiger charge is -2.39. The molecule has 0 spiro atoms. The summed E-state index contributed by atoms with van der Waals surface area (Å²) in [6.07, 6.45) is 3.83. The molecule has 3 atom stereocenters. The van der Waals surface area contributed by atoms with Crippen molar-refractivity contribution in [2.45, 2.75) is 84.4 Å². The number of carbonyl (C=O) groups is 1. The van der Waals surface area contributed by atoms with Gasteiger partial charge in [0.25, 0.3) is 0 Å². The van der Waals surface area contributed by atoms with Crippen molar-refractivity contribution in [2.75, 3.05) is 0 Å². The number of nitrogens with one attached hydrogen (secondary N) is 1. The van der Waals surface area contributed by atoms with E-state index in [-0.39, 0.29) is 48.6 Å². The number of hydrogen-bond acceptors (Lipinski definition) is 3. The molecule has 0 aromatic rings. The van der Waals surface area contributed by atoms with Crippen LogP contribution < -0.4 is 5.32 Å². The molecule has 3 rings (SSSR count). The second kappa shape index (κ2) is 6.84. The SMILES string of the molecule is CC1C(CC2CC(F)(F)C2)=NN(C2CCC2)C1NC(=O)[C@@H](C)C(C)C. The minimum atomic E-state index is -2.49. The minimum Gasteiger partial charge on any atom is -0.334 e. The van der Waals surface area contributed by atoms with E-state index in [0.717, 1.165) is 18.6 Å². The molecule has 1 aliphatic heterocycles. The molecule has 4 nitrogen and oxygen atoms in total. The van der Waals surface area contributed by atoms with Gasteiger partial charge in [-0.05, 0) is 37.5 Å². The van der Waals surface area contributed by atoms with Crippen LogP contribution in [0.15, 0.2) is 5.10 Å². The molecular formula is C19H31F2N3O. The van der Waals surface area contributed by atoms with Crippen molar-refractivity contribution in [3.8, 4) is 0 Å². The van der Waals surface area contributed by atoms with E-state index in [4.69, 9.17) is 5.10 Å². The Balaban J connectivity index is 1.66. The predicted octanol–water partition coefficient (Wildman–Crippen LogP) is 4.02. The van der Waals surface area contributed by atoms with Gasteiger partial charge in [-0.15, -0.1) is 0 Å². The Labute approximate surface area is 149 Å². The molecule has 25 heavy (non-hydrogen) atoms. The molecule has 2 aliphatic carbocycles. The fourth-order valence-electron chi connectivity index (χ4n) is 3.90. The van der Waals surface area contributed by atoms with Crippen LogP contribution in [-0.2, 0) is 4.79 Å². The zero-order valence-electron chi connectivity index (χ0n) is 15.8. The summed E-state index contributed by atoms with van der Waals surface area (Å²) in [6, 6.07) is 0.377. The van der Waals surface area contributed by atoms with Gasteiger partial charge >= 0.3 is 0 Å². The van der Waals surface area contributed by atoms with Gasteiger partial charge < -0.3 is 5.32 Å². The van der Waals surface area contributed by atoms with E-state index in [1.165, 1.54) is 6.42 Å². The molecule has 0 bridgehead atoms. The molecule has 2 unspecified atom stereocenters. The summed E-state index contributed by atoms with van der Waals surface area (Å²) in [5.74, 6) is -2.08. The highest BCUT2D eigenvalue weighted by Crippen LogP contribution is 2.45. The number of nitrogens with zero attached hydrogens (tertiary/aromatic N) is 2. The van der Waals surface area contributed by atoms with Gasteiger partial charge in [-0.1, -0.05) is 27.7 Å². The van der Waals surface area contributed by atoms with Crippen LogP contribution in [0, 0.1) is 23.7 Å². The number of halogens is 2. The lowest BCUT2D eigenvalue weighted by Crippen LogP contribution is -2.53. The highest BCUT2D eigenvalue weighted by molar-refractivity contribution is 5.89. The molecule has 1 heterocycles. The first-order valence-electron chi connectivity index (χ1n) is 9.72. The monoisotopic (exact) mass is 355 g/mol. The van der Waals surface area contributed by atoms with E-state index in [0.29, 0.717) is 12.5 Å². The maximum atomic E-state index is 13.1. The molecule has 0 radical (unpaired) electrons. The van der Waals surface area contributed by atoms with Gasteiger partial charge in [0.15, 0.2) is 0 Å². The third-order valence-electron chi connectivity index (χ3n) is 6.35. The number of carbonyl (C=O) groups excluding carboxylic acids is 1. The average molecular weight is 355 g/mol. The molecule has 0 aromatic carbocycles. The zero-order valence-corrected chi connectivity index (χ0v) is 15.8. The highest BCUT2D eigenvalue weighted by Gasteiger charge is 2.48. The van der Waals surface area contributed by atoms with E-state index in [1.54, 1.807) is 0 Å². The van der Waals surface area contributed by atoms with Crippen LogP contribution in [-0.4, -0.2) is 34.8 Å². The second-order valence-electron chi connectivity index (χ2n) is 8.67. The third kappa shape index (κ3) is 3.82. The molecule has 0 saturated heterocycles. The Morgan fingerprint density at radius 1 is 1.32 bits per heavy atom. The maximum Gasteiger partial charge on any atom is 0.248 e. The highest BCUT2D eigenvalue weighted by atomic mass is 19.3. The lowest BCUT2D eigenvalue weighted by molar-refractivity contribution is -0.128. The Kier molecular flexibility index (Phi) is 5.09. The Hall–Kier alpha value is -1.20. The first-order chi connectivity index (χ1) is 11.7. The van der Waals surface area contributed by atoms with E-state index in [9.17, 15) is 13.6 Å². The van der Waals surface area contributed by atoms with Crippen LogP contribution in [0.2, 0.25) is 0 Å². The van der Waals surface area contributed by atoms with E-state index < -0.39 is 5.92 Å². The zero-order chi connectivity index (χ0) is 18.4. The Morgan fingerprint density at radius 2 is 1.96 bits per heavy atom. The van der Waals surface area contributed by atoms with Crippen LogP contribution in [0.5, 0.6) is 0 Å². The molecule has 1 amide bonds. The Bertz CT molecular complexity index is 537. The van der Waals surface area contributed by atoms with Crippen molar-refractivity contribution < 1.29 is 13.6 Å². The maximum absolute atomic E-state index is 13.1. The lowest BCUT2D eigenvalue weighted by atomic mass is 9.76. The van der Waals surface area contributed by atoms with Crippen LogP contribution in [0.1, 0.15) is 66.2 Å². The van der Waals surface area contributed by atoms with Crippen LogP contribution >= 0.6 is 0 Å². The van der Waals surface area contributed by atoms with Crippen molar-refractivity contribution in [1.82, 2.24) is 10.3 Å². The largest absolute Gasteiger partial charge is 0.334 e. The van der Waals surface area contributed by atoms with Crippen LogP contribution in [0.4, 0.5) is 8.78 Å². The standard InChI is InChI=1S/C19H31F2N3O/c1-11(2)12(3)18(25)22-17-13(4)16(8-14-9-19(20,21)10-14)23-24(17)15-6-5-7-15/h11-15,17H,5-10H2,1-4H3,(H,22,25)/t12-,13?,17?/m0/s1. The van der Waals surface area contributed by atoms with Gasteiger partial charge in [-0.2, -0.15) is 5.10 Å². The van der Waals surface area contributed by atoms with Gasteiger partial charge in [-0.25, -0.2) is 8.78 Å². The number of amides is 1. The Morgan fingerprint density at radius 3 is 2.44 bits per heavy atom. The summed E-state index contributed by atoms with van der Waals surface area (Å²) in [6.45, 7) is 8.11. The summed E-state index contributed by atoms with van der Waals surface area (Å²) < 4.78 is 26.3. The first-order valence-corrected chi connectivity index (χ1v) is 9.72. The number of hydrogen-bond donors (Lipinski definition) is 1. The van der Waals surface area contributed by atoms with E-state index in [2.05, 4.69) is 17.2 Å². The van der Waals surface area contributed by atoms with Gasteiger partial charge in [0.05, 0.1) is 0 Å². The molecule has 0 aromatic heterocycles. The topological polar surface area (TPSA) is 44.7 Å². The summed E-state index contributed by atoms with van der Waals surface area (Å²) in [4.78, 5) is 12.6. The molecule has 6 heteroatoms. The van der Waals surface area contributed by atoms with E-state index in [1.807, 2.05) is 20.8 Å². The first kappa shape index (κ1) is 18.6. The normalized spacial score (nSPS) is 30.7. The number of alkyl halides is 2. The average Bonchev–Trinajstić information content (AvgIpc) is 2.72. The smallest absolute Gasteiger partial charge is 0.248 e. The predicted molar refractivity (Wildman–Crippen MR) is 94.3 cm³/mol. The number of hydrazone groups is 1. The fraction of sp³-hybridized carbons (Fsp3) is 0.895. The summed E-state index contributed by atoms with van der Waals surface area (Å²) in [5, 5.41) is 10.0. The molecule has 2 fully saturated rings. The van der Waals surface area contributed by atoms with Crippen LogP contribution in [0.3, 0.4) is 0 Å².